The highest BCUT2D eigenvalue weighted by molar-refractivity contribution is 7.90. The molecule has 0 saturated heterocycles. The van der Waals surface area contributed by atoms with Gasteiger partial charge in [0.1, 0.15) is 11.6 Å². The largest absolute Gasteiger partial charge is 0.370 e. The first kappa shape index (κ1) is 14.3. The Morgan fingerprint density at radius 2 is 1.70 bits per heavy atom. The fourth-order valence-electron chi connectivity index (χ4n) is 1.72. The molecule has 0 fully saturated rings. The zero-order chi connectivity index (χ0) is 14.6. The molecule has 0 saturated carbocycles. The van der Waals surface area contributed by atoms with Crippen LogP contribution < -0.4 is 10.6 Å². The van der Waals surface area contributed by atoms with Gasteiger partial charge in [-0.2, -0.15) is 0 Å². The lowest BCUT2D eigenvalue weighted by atomic mass is 10.3. The third-order valence-corrected chi connectivity index (χ3v) is 3.79. The second-order valence-electron chi connectivity index (χ2n) is 4.36. The lowest BCUT2D eigenvalue weighted by molar-refractivity contribution is 0.602. The van der Waals surface area contributed by atoms with Gasteiger partial charge < -0.3 is 10.6 Å². The minimum absolute atomic E-state index is 0.303. The summed E-state index contributed by atoms with van der Waals surface area (Å²) in [5, 5.41) is 6.27. The third-order valence-electron chi connectivity index (χ3n) is 2.66. The van der Waals surface area contributed by atoms with E-state index in [0.717, 1.165) is 18.1 Å². The molecule has 1 aromatic heterocycles. The lowest BCUT2D eigenvalue weighted by Gasteiger charge is -2.08. The van der Waals surface area contributed by atoms with Crippen molar-refractivity contribution < 1.29 is 8.42 Å². The molecule has 2 aromatic rings. The van der Waals surface area contributed by atoms with Crippen molar-refractivity contribution in [3.05, 3.63) is 42.5 Å². The number of anilines is 3. The Balaban J connectivity index is 2.16. The smallest absolute Gasteiger partial charge is 0.175 e. The summed E-state index contributed by atoms with van der Waals surface area (Å²) in [5.41, 5.74) is 0.790. The van der Waals surface area contributed by atoms with Crippen LogP contribution in [0.2, 0.25) is 0 Å². The number of rotatable bonds is 5. The molecule has 0 aliphatic heterocycles. The van der Waals surface area contributed by atoms with Gasteiger partial charge in [0.25, 0.3) is 0 Å². The molecule has 6 heteroatoms. The predicted octanol–water partition coefficient (Wildman–Crippen LogP) is 2.66. The van der Waals surface area contributed by atoms with Crippen LogP contribution in [0.3, 0.4) is 0 Å². The molecule has 1 aromatic carbocycles. The van der Waals surface area contributed by atoms with E-state index in [4.69, 9.17) is 0 Å². The number of hydrogen-bond acceptors (Lipinski definition) is 5. The summed E-state index contributed by atoms with van der Waals surface area (Å²) in [6.07, 6.45) is 1.19. The monoisotopic (exact) mass is 291 g/mol. The van der Waals surface area contributed by atoms with E-state index in [9.17, 15) is 8.42 Å². The number of hydrogen-bond donors (Lipinski definition) is 2. The van der Waals surface area contributed by atoms with Crippen molar-refractivity contribution in [1.29, 1.82) is 0 Å². The number of nitrogens with one attached hydrogen (secondary N) is 2. The Kier molecular flexibility index (Phi) is 4.24. The number of nitrogens with zero attached hydrogens (tertiary/aromatic N) is 1. The minimum Gasteiger partial charge on any atom is -0.370 e. The van der Waals surface area contributed by atoms with Gasteiger partial charge in [0.05, 0.1) is 4.90 Å². The fraction of sp³-hybridized carbons (Fsp3) is 0.214. The van der Waals surface area contributed by atoms with Crippen molar-refractivity contribution in [2.45, 2.75) is 11.8 Å². The molecule has 0 bridgehead atoms. The van der Waals surface area contributed by atoms with Crippen molar-refractivity contribution in [2.75, 3.05) is 23.4 Å². The Bertz CT molecular complexity index is 682. The quantitative estimate of drug-likeness (QED) is 0.886. The second kappa shape index (κ2) is 5.92. The fourth-order valence-corrected chi connectivity index (χ4v) is 2.35. The molecule has 0 radical (unpaired) electrons. The molecule has 0 amide bonds. The highest BCUT2D eigenvalue weighted by Gasteiger charge is 2.06. The van der Waals surface area contributed by atoms with Crippen LogP contribution in [0.5, 0.6) is 0 Å². The summed E-state index contributed by atoms with van der Waals surface area (Å²) in [5.74, 6) is 1.50. The Hall–Kier alpha value is -2.08. The topological polar surface area (TPSA) is 71.1 Å². The van der Waals surface area contributed by atoms with Crippen molar-refractivity contribution >= 4 is 27.2 Å². The van der Waals surface area contributed by atoms with E-state index < -0.39 is 9.84 Å². The van der Waals surface area contributed by atoms with Crippen LogP contribution in [0.15, 0.2) is 47.4 Å². The minimum atomic E-state index is -3.16. The van der Waals surface area contributed by atoms with E-state index in [-0.39, 0.29) is 0 Å². The first-order chi connectivity index (χ1) is 9.49. The molecule has 0 unspecified atom stereocenters. The maximum Gasteiger partial charge on any atom is 0.175 e. The summed E-state index contributed by atoms with van der Waals surface area (Å²) in [7, 11) is -3.16. The number of pyridine rings is 1. The second-order valence-corrected chi connectivity index (χ2v) is 6.38. The van der Waals surface area contributed by atoms with Crippen LogP contribution in [-0.4, -0.2) is 26.2 Å². The van der Waals surface area contributed by atoms with Crippen LogP contribution in [0.1, 0.15) is 6.92 Å². The molecule has 2 N–H and O–H groups in total. The maximum absolute atomic E-state index is 11.4. The Morgan fingerprint density at radius 1 is 1.05 bits per heavy atom. The first-order valence-corrected chi connectivity index (χ1v) is 8.16. The van der Waals surface area contributed by atoms with Gasteiger partial charge in [0.15, 0.2) is 9.84 Å². The Morgan fingerprint density at radius 3 is 2.30 bits per heavy atom. The molecule has 20 heavy (non-hydrogen) atoms. The highest BCUT2D eigenvalue weighted by Crippen LogP contribution is 2.18. The average molecular weight is 291 g/mol. The van der Waals surface area contributed by atoms with Crippen LogP contribution >= 0.6 is 0 Å². The van der Waals surface area contributed by atoms with E-state index in [1.807, 2.05) is 25.1 Å². The Labute approximate surface area is 119 Å². The molecular weight excluding hydrogens is 274 g/mol. The standard InChI is InChI=1S/C14H17N3O2S/c1-3-15-13-5-4-6-14(17-13)16-11-7-9-12(10-8-11)20(2,18)19/h4-10H,3H2,1-2H3,(H2,15,16,17). The zero-order valence-electron chi connectivity index (χ0n) is 11.4. The molecule has 5 nitrogen and oxygen atoms in total. The van der Waals surface area contributed by atoms with Gasteiger partial charge in [-0.25, -0.2) is 13.4 Å². The van der Waals surface area contributed by atoms with Crippen LogP contribution in [0.4, 0.5) is 17.3 Å². The van der Waals surface area contributed by atoms with Crippen molar-refractivity contribution in [1.82, 2.24) is 4.98 Å². The van der Waals surface area contributed by atoms with Gasteiger partial charge in [-0.1, -0.05) is 6.07 Å². The average Bonchev–Trinajstić information content (AvgIpc) is 2.39. The first-order valence-electron chi connectivity index (χ1n) is 6.27. The molecular formula is C14H17N3O2S. The van der Waals surface area contributed by atoms with Gasteiger partial charge >= 0.3 is 0 Å². The normalized spacial score (nSPS) is 11.1. The van der Waals surface area contributed by atoms with E-state index in [1.165, 1.54) is 6.26 Å². The summed E-state index contributed by atoms with van der Waals surface area (Å²) in [4.78, 5) is 4.69. The van der Waals surface area contributed by atoms with E-state index >= 15 is 0 Å². The van der Waals surface area contributed by atoms with Crippen molar-refractivity contribution in [2.24, 2.45) is 0 Å². The zero-order valence-corrected chi connectivity index (χ0v) is 12.2. The summed E-state index contributed by atoms with van der Waals surface area (Å²) < 4.78 is 22.8. The van der Waals surface area contributed by atoms with Gasteiger partial charge in [0.2, 0.25) is 0 Å². The lowest BCUT2D eigenvalue weighted by Crippen LogP contribution is -2.01. The van der Waals surface area contributed by atoms with Gasteiger partial charge in [-0.3, -0.25) is 0 Å². The van der Waals surface area contributed by atoms with Crippen molar-refractivity contribution in [3.63, 3.8) is 0 Å². The van der Waals surface area contributed by atoms with E-state index in [2.05, 4.69) is 15.6 Å². The predicted molar refractivity (Wildman–Crippen MR) is 81.2 cm³/mol. The molecule has 0 atom stereocenters. The number of aromatic nitrogens is 1. The molecule has 1 heterocycles. The van der Waals surface area contributed by atoms with Crippen LogP contribution in [0, 0.1) is 0 Å². The van der Waals surface area contributed by atoms with Crippen LogP contribution in [0.25, 0.3) is 0 Å². The SMILES string of the molecule is CCNc1cccc(Nc2ccc(S(C)(=O)=O)cc2)n1. The third kappa shape index (κ3) is 3.71. The number of benzene rings is 1. The molecule has 106 valence electrons. The molecule has 2 rings (SSSR count). The van der Waals surface area contributed by atoms with E-state index in [1.54, 1.807) is 24.3 Å². The van der Waals surface area contributed by atoms with Crippen molar-refractivity contribution in [3.8, 4) is 0 Å². The summed E-state index contributed by atoms with van der Waals surface area (Å²) in [6.45, 7) is 2.81. The number of sulfone groups is 1. The summed E-state index contributed by atoms with van der Waals surface area (Å²) in [6, 6.07) is 12.2. The van der Waals surface area contributed by atoms with Crippen LogP contribution in [-0.2, 0) is 9.84 Å². The van der Waals surface area contributed by atoms with Gasteiger partial charge in [-0.15, -0.1) is 0 Å². The summed E-state index contributed by atoms with van der Waals surface area (Å²) >= 11 is 0. The van der Waals surface area contributed by atoms with Gasteiger partial charge in [-0.05, 0) is 43.3 Å². The molecule has 0 aliphatic carbocycles. The van der Waals surface area contributed by atoms with Gasteiger partial charge in [0, 0.05) is 18.5 Å². The molecule has 0 aliphatic rings. The maximum atomic E-state index is 11.4. The highest BCUT2D eigenvalue weighted by atomic mass is 32.2. The van der Waals surface area contributed by atoms with E-state index in [0.29, 0.717) is 10.7 Å². The molecule has 0 spiro atoms.